The van der Waals surface area contributed by atoms with Gasteiger partial charge in [0.25, 0.3) is 15.9 Å². The first-order chi connectivity index (χ1) is 14.7. The number of benzene rings is 3. The zero-order chi connectivity index (χ0) is 22.6. The standard InChI is InChI=1S/C23H23FN2O4S/c1-4-30-20-10-8-19(9-11-20)26-31(28,29)22-14-17(6-5-15(22)2)23(27)25-21-12-7-18(24)13-16(21)3/h5-14,26H,4H2,1-3H3,(H,25,27). The monoisotopic (exact) mass is 442 g/mol. The minimum absolute atomic E-state index is 0.00939. The molecule has 3 aromatic carbocycles. The quantitative estimate of drug-likeness (QED) is 0.545. The van der Waals surface area contributed by atoms with Crippen molar-refractivity contribution >= 4 is 27.3 Å². The number of nitrogens with one attached hydrogen (secondary N) is 2. The van der Waals surface area contributed by atoms with Crippen LogP contribution in [-0.2, 0) is 10.0 Å². The fourth-order valence-electron chi connectivity index (χ4n) is 2.99. The van der Waals surface area contributed by atoms with E-state index < -0.39 is 21.7 Å². The molecule has 0 radical (unpaired) electrons. The van der Waals surface area contributed by atoms with Gasteiger partial charge >= 0.3 is 0 Å². The normalized spacial score (nSPS) is 11.1. The van der Waals surface area contributed by atoms with Crippen molar-refractivity contribution in [3.05, 3.63) is 83.2 Å². The lowest BCUT2D eigenvalue weighted by atomic mass is 10.1. The van der Waals surface area contributed by atoms with Gasteiger partial charge in [-0.15, -0.1) is 0 Å². The van der Waals surface area contributed by atoms with E-state index in [9.17, 15) is 17.6 Å². The molecule has 0 saturated carbocycles. The molecule has 0 spiro atoms. The summed E-state index contributed by atoms with van der Waals surface area (Å²) in [5.41, 5.74) is 2.04. The van der Waals surface area contributed by atoms with E-state index in [1.807, 2.05) is 6.92 Å². The van der Waals surface area contributed by atoms with Crippen molar-refractivity contribution in [2.75, 3.05) is 16.6 Å². The molecule has 3 aromatic rings. The fourth-order valence-corrected chi connectivity index (χ4v) is 4.32. The Morgan fingerprint density at radius 2 is 1.68 bits per heavy atom. The number of carbonyl (C=O) groups excluding carboxylic acids is 1. The van der Waals surface area contributed by atoms with E-state index in [1.165, 1.54) is 24.3 Å². The minimum atomic E-state index is -3.93. The summed E-state index contributed by atoms with van der Waals surface area (Å²) < 4.78 is 47.0. The second kappa shape index (κ2) is 9.18. The summed E-state index contributed by atoms with van der Waals surface area (Å²) in [5.74, 6) is -0.261. The third-order valence-corrected chi connectivity index (χ3v) is 6.12. The molecule has 0 atom stereocenters. The number of hydrogen-bond donors (Lipinski definition) is 2. The van der Waals surface area contributed by atoms with Crippen LogP contribution in [0.3, 0.4) is 0 Å². The van der Waals surface area contributed by atoms with Crippen LogP contribution in [0.15, 0.2) is 65.6 Å². The molecule has 1 amide bonds. The van der Waals surface area contributed by atoms with Crippen molar-refractivity contribution in [2.24, 2.45) is 0 Å². The Morgan fingerprint density at radius 1 is 0.968 bits per heavy atom. The van der Waals surface area contributed by atoms with Crippen LogP contribution in [-0.4, -0.2) is 20.9 Å². The molecule has 0 bridgehead atoms. The lowest BCUT2D eigenvalue weighted by Crippen LogP contribution is -2.17. The molecule has 0 aliphatic heterocycles. The van der Waals surface area contributed by atoms with Gasteiger partial charge in [-0.05, 0) is 86.5 Å². The van der Waals surface area contributed by atoms with Crippen LogP contribution in [0.25, 0.3) is 0 Å². The van der Waals surface area contributed by atoms with Crippen LogP contribution in [0.2, 0.25) is 0 Å². The highest BCUT2D eigenvalue weighted by molar-refractivity contribution is 7.92. The minimum Gasteiger partial charge on any atom is -0.494 e. The zero-order valence-corrected chi connectivity index (χ0v) is 18.2. The first kappa shape index (κ1) is 22.3. The number of halogens is 1. The van der Waals surface area contributed by atoms with Gasteiger partial charge in [0, 0.05) is 16.9 Å². The van der Waals surface area contributed by atoms with Gasteiger partial charge in [0.15, 0.2) is 0 Å². The Hall–Kier alpha value is -3.39. The third-order valence-electron chi connectivity index (χ3n) is 4.59. The average Bonchev–Trinajstić information content (AvgIpc) is 2.71. The molecule has 0 fully saturated rings. The molecule has 0 heterocycles. The van der Waals surface area contributed by atoms with Gasteiger partial charge in [-0.2, -0.15) is 0 Å². The van der Waals surface area contributed by atoms with Crippen LogP contribution in [0.1, 0.15) is 28.4 Å². The first-order valence-electron chi connectivity index (χ1n) is 9.63. The highest BCUT2D eigenvalue weighted by Gasteiger charge is 2.20. The second-order valence-corrected chi connectivity index (χ2v) is 8.61. The first-order valence-corrected chi connectivity index (χ1v) is 11.1. The lowest BCUT2D eigenvalue weighted by molar-refractivity contribution is 0.102. The van der Waals surface area contributed by atoms with Gasteiger partial charge in [-0.1, -0.05) is 6.07 Å². The number of carbonyl (C=O) groups is 1. The highest BCUT2D eigenvalue weighted by Crippen LogP contribution is 2.24. The van der Waals surface area contributed by atoms with E-state index in [0.717, 1.165) is 0 Å². The number of amides is 1. The summed E-state index contributed by atoms with van der Waals surface area (Å²) in [6.07, 6.45) is 0. The van der Waals surface area contributed by atoms with Crippen LogP contribution in [0.4, 0.5) is 15.8 Å². The van der Waals surface area contributed by atoms with Crippen molar-refractivity contribution in [3.8, 4) is 5.75 Å². The van der Waals surface area contributed by atoms with E-state index in [-0.39, 0.29) is 10.5 Å². The molecule has 6 nitrogen and oxygen atoms in total. The van der Waals surface area contributed by atoms with Gasteiger partial charge in [0.1, 0.15) is 11.6 Å². The number of sulfonamides is 1. The predicted octanol–water partition coefficient (Wildman–Crippen LogP) is 4.89. The molecule has 0 aliphatic rings. The molecule has 0 aliphatic carbocycles. The van der Waals surface area contributed by atoms with Crippen LogP contribution in [0.5, 0.6) is 5.75 Å². The summed E-state index contributed by atoms with van der Waals surface area (Å²) in [7, 11) is -3.93. The molecule has 31 heavy (non-hydrogen) atoms. The van der Waals surface area contributed by atoms with E-state index in [2.05, 4.69) is 10.0 Å². The predicted molar refractivity (Wildman–Crippen MR) is 119 cm³/mol. The molecule has 8 heteroatoms. The smallest absolute Gasteiger partial charge is 0.262 e. The molecule has 0 aromatic heterocycles. The van der Waals surface area contributed by atoms with Crippen molar-refractivity contribution in [2.45, 2.75) is 25.7 Å². The highest BCUT2D eigenvalue weighted by atomic mass is 32.2. The molecule has 162 valence electrons. The maximum absolute atomic E-state index is 13.3. The molecule has 2 N–H and O–H groups in total. The van der Waals surface area contributed by atoms with Crippen LogP contribution >= 0.6 is 0 Å². The Kier molecular flexibility index (Phi) is 6.60. The van der Waals surface area contributed by atoms with Crippen molar-refractivity contribution < 1.29 is 22.3 Å². The van der Waals surface area contributed by atoms with Crippen LogP contribution in [0, 0.1) is 19.7 Å². The Bertz CT molecular complexity index is 1210. The summed E-state index contributed by atoms with van der Waals surface area (Å²) in [5, 5.41) is 2.68. The number of hydrogen-bond acceptors (Lipinski definition) is 4. The van der Waals surface area contributed by atoms with E-state index in [4.69, 9.17) is 4.74 Å². The number of ether oxygens (including phenoxy) is 1. The SMILES string of the molecule is CCOc1ccc(NS(=O)(=O)c2cc(C(=O)Nc3ccc(F)cc3C)ccc2C)cc1. The third kappa shape index (κ3) is 5.40. The molecule has 0 saturated heterocycles. The largest absolute Gasteiger partial charge is 0.494 e. The molecule has 3 rings (SSSR count). The van der Waals surface area contributed by atoms with Crippen molar-refractivity contribution in [1.29, 1.82) is 0 Å². The van der Waals surface area contributed by atoms with Gasteiger partial charge in [0.05, 0.1) is 11.5 Å². The van der Waals surface area contributed by atoms with E-state index >= 15 is 0 Å². The van der Waals surface area contributed by atoms with E-state index in [1.54, 1.807) is 50.2 Å². The number of anilines is 2. The summed E-state index contributed by atoms with van der Waals surface area (Å²) >= 11 is 0. The average molecular weight is 443 g/mol. The van der Waals surface area contributed by atoms with Gasteiger partial charge < -0.3 is 10.1 Å². The summed E-state index contributed by atoms with van der Waals surface area (Å²) in [6.45, 7) is 5.69. The number of rotatable bonds is 7. The van der Waals surface area contributed by atoms with Gasteiger partial charge in [-0.3, -0.25) is 9.52 Å². The second-order valence-electron chi connectivity index (χ2n) is 6.96. The van der Waals surface area contributed by atoms with Gasteiger partial charge in [-0.25, -0.2) is 12.8 Å². The zero-order valence-electron chi connectivity index (χ0n) is 17.4. The van der Waals surface area contributed by atoms with E-state index in [0.29, 0.717) is 34.9 Å². The Morgan fingerprint density at radius 3 is 2.32 bits per heavy atom. The van der Waals surface area contributed by atoms with Gasteiger partial charge in [0.2, 0.25) is 0 Å². The summed E-state index contributed by atoms with van der Waals surface area (Å²) in [4.78, 5) is 12.7. The Labute approximate surface area is 181 Å². The number of aryl methyl sites for hydroxylation is 2. The summed E-state index contributed by atoms with van der Waals surface area (Å²) in [6, 6.07) is 15.0. The van der Waals surface area contributed by atoms with Crippen molar-refractivity contribution in [3.63, 3.8) is 0 Å². The fraction of sp³-hybridized carbons (Fsp3) is 0.174. The van der Waals surface area contributed by atoms with Crippen molar-refractivity contribution in [1.82, 2.24) is 0 Å². The lowest BCUT2D eigenvalue weighted by Gasteiger charge is -2.13. The Balaban J connectivity index is 1.84. The van der Waals surface area contributed by atoms with Crippen LogP contribution < -0.4 is 14.8 Å². The topological polar surface area (TPSA) is 84.5 Å². The molecular formula is C23H23FN2O4S. The maximum atomic E-state index is 13.3. The maximum Gasteiger partial charge on any atom is 0.262 e. The molecule has 0 unspecified atom stereocenters. The molecular weight excluding hydrogens is 419 g/mol.